The van der Waals surface area contributed by atoms with E-state index >= 15 is 0 Å². The van der Waals surface area contributed by atoms with Gasteiger partial charge in [-0.15, -0.1) is 0 Å². The average molecular weight is 231 g/mol. The van der Waals surface area contributed by atoms with Crippen LogP contribution in [0.5, 0.6) is 0 Å². The van der Waals surface area contributed by atoms with Gasteiger partial charge in [0, 0.05) is 26.7 Å². The Morgan fingerprint density at radius 2 is 1.81 bits per heavy atom. The molecule has 0 aliphatic carbocycles. The zero-order chi connectivity index (χ0) is 12.2. The Kier molecular flexibility index (Phi) is 11.2. The van der Waals surface area contributed by atoms with Crippen molar-refractivity contribution in [2.75, 3.05) is 67.1 Å². The topological polar surface area (TPSA) is 27.7 Å². The van der Waals surface area contributed by atoms with E-state index in [2.05, 4.69) is 36.1 Å². The van der Waals surface area contributed by atoms with Gasteiger partial charge < -0.3 is 19.9 Å². The standard InChI is InChI=1S/C12H29N3O/c1-5-15(10-6-9-14(2)3)11-7-13-8-12-16-4/h13H,5-12H2,1-4H3. The van der Waals surface area contributed by atoms with Gasteiger partial charge in [0.1, 0.15) is 0 Å². The van der Waals surface area contributed by atoms with Gasteiger partial charge in [0.25, 0.3) is 0 Å². The molecule has 0 radical (unpaired) electrons. The Bertz CT molecular complexity index is 142. The number of nitrogens with zero attached hydrogens (tertiary/aromatic N) is 2. The monoisotopic (exact) mass is 231 g/mol. The van der Waals surface area contributed by atoms with Crippen LogP contribution in [0.15, 0.2) is 0 Å². The molecule has 0 bridgehead atoms. The molecule has 16 heavy (non-hydrogen) atoms. The summed E-state index contributed by atoms with van der Waals surface area (Å²) in [5.74, 6) is 0. The van der Waals surface area contributed by atoms with Crippen molar-refractivity contribution in [3.05, 3.63) is 0 Å². The summed E-state index contributed by atoms with van der Waals surface area (Å²) in [4.78, 5) is 4.73. The van der Waals surface area contributed by atoms with E-state index in [9.17, 15) is 0 Å². The van der Waals surface area contributed by atoms with Crippen LogP contribution in [0.4, 0.5) is 0 Å². The largest absolute Gasteiger partial charge is 0.383 e. The van der Waals surface area contributed by atoms with Gasteiger partial charge in [-0.3, -0.25) is 0 Å². The fourth-order valence-corrected chi connectivity index (χ4v) is 1.57. The minimum absolute atomic E-state index is 0.798. The molecule has 0 rings (SSSR count). The molecular formula is C12H29N3O. The third-order valence-electron chi connectivity index (χ3n) is 2.61. The zero-order valence-electron chi connectivity index (χ0n) is 11.5. The molecule has 0 aliphatic heterocycles. The molecule has 0 fully saturated rings. The first-order valence-corrected chi connectivity index (χ1v) is 6.27. The highest BCUT2D eigenvalue weighted by Gasteiger charge is 2.01. The number of hydrogen-bond donors (Lipinski definition) is 1. The van der Waals surface area contributed by atoms with Crippen molar-refractivity contribution in [2.45, 2.75) is 13.3 Å². The molecule has 0 aromatic carbocycles. The van der Waals surface area contributed by atoms with E-state index in [-0.39, 0.29) is 0 Å². The van der Waals surface area contributed by atoms with Crippen LogP contribution < -0.4 is 5.32 Å². The van der Waals surface area contributed by atoms with Gasteiger partial charge >= 0.3 is 0 Å². The van der Waals surface area contributed by atoms with Gasteiger partial charge in [0.05, 0.1) is 6.61 Å². The maximum absolute atomic E-state index is 4.98. The fourth-order valence-electron chi connectivity index (χ4n) is 1.57. The Morgan fingerprint density at radius 1 is 1.06 bits per heavy atom. The number of likely N-dealkylation sites (N-methyl/N-ethyl adjacent to an activating group) is 1. The van der Waals surface area contributed by atoms with Gasteiger partial charge in [0.2, 0.25) is 0 Å². The Morgan fingerprint density at radius 3 is 2.38 bits per heavy atom. The first kappa shape index (κ1) is 15.8. The van der Waals surface area contributed by atoms with Crippen LogP contribution in [0.25, 0.3) is 0 Å². The maximum Gasteiger partial charge on any atom is 0.0587 e. The highest BCUT2D eigenvalue weighted by Crippen LogP contribution is 1.91. The van der Waals surface area contributed by atoms with Crippen LogP contribution in [0, 0.1) is 0 Å². The molecule has 0 unspecified atom stereocenters. The van der Waals surface area contributed by atoms with Crippen molar-refractivity contribution < 1.29 is 4.74 Å². The van der Waals surface area contributed by atoms with Crippen molar-refractivity contribution in [3.63, 3.8) is 0 Å². The van der Waals surface area contributed by atoms with Crippen molar-refractivity contribution in [1.29, 1.82) is 0 Å². The summed E-state index contributed by atoms with van der Waals surface area (Å²) < 4.78 is 4.98. The third-order valence-corrected chi connectivity index (χ3v) is 2.61. The molecule has 0 saturated heterocycles. The molecular weight excluding hydrogens is 202 g/mol. The molecule has 0 aromatic rings. The van der Waals surface area contributed by atoms with E-state index in [4.69, 9.17) is 4.74 Å². The Labute approximate surface area is 101 Å². The molecule has 0 aromatic heterocycles. The van der Waals surface area contributed by atoms with Crippen molar-refractivity contribution in [2.24, 2.45) is 0 Å². The van der Waals surface area contributed by atoms with Crippen LogP contribution in [0.2, 0.25) is 0 Å². The number of hydrogen-bond acceptors (Lipinski definition) is 4. The highest BCUT2D eigenvalue weighted by atomic mass is 16.5. The van der Waals surface area contributed by atoms with Crippen molar-refractivity contribution in [3.8, 4) is 0 Å². The molecule has 0 spiro atoms. The Balaban J connectivity index is 3.36. The predicted octanol–water partition coefficient (Wildman–Crippen LogP) is 0.496. The molecule has 0 amide bonds. The van der Waals surface area contributed by atoms with Crippen LogP contribution in [-0.4, -0.2) is 76.9 Å². The third kappa shape index (κ3) is 10.4. The lowest BCUT2D eigenvalue weighted by atomic mass is 10.3. The second-order valence-electron chi connectivity index (χ2n) is 4.33. The van der Waals surface area contributed by atoms with Gasteiger partial charge in [-0.1, -0.05) is 6.92 Å². The van der Waals surface area contributed by atoms with Crippen molar-refractivity contribution >= 4 is 0 Å². The van der Waals surface area contributed by atoms with E-state index in [1.807, 2.05) is 0 Å². The van der Waals surface area contributed by atoms with E-state index in [1.165, 1.54) is 19.5 Å². The summed E-state index contributed by atoms with van der Waals surface area (Å²) in [6.45, 7) is 9.67. The summed E-state index contributed by atoms with van der Waals surface area (Å²) >= 11 is 0. The summed E-state index contributed by atoms with van der Waals surface area (Å²) in [5, 5.41) is 3.37. The van der Waals surface area contributed by atoms with Gasteiger partial charge in [-0.05, 0) is 40.2 Å². The summed E-state index contributed by atoms with van der Waals surface area (Å²) in [6.07, 6.45) is 1.25. The minimum atomic E-state index is 0.798. The lowest BCUT2D eigenvalue weighted by Gasteiger charge is -2.21. The number of nitrogens with one attached hydrogen (secondary N) is 1. The van der Waals surface area contributed by atoms with Crippen LogP contribution in [-0.2, 0) is 4.74 Å². The average Bonchev–Trinajstić information content (AvgIpc) is 2.26. The predicted molar refractivity (Wildman–Crippen MR) is 70.0 cm³/mol. The second-order valence-corrected chi connectivity index (χ2v) is 4.33. The zero-order valence-corrected chi connectivity index (χ0v) is 11.5. The summed E-state index contributed by atoms with van der Waals surface area (Å²) in [7, 11) is 5.99. The molecule has 4 heteroatoms. The highest BCUT2D eigenvalue weighted by molar-refractivity contribution is 4.59. The van der Waals surface area contributed by atoms with Gasteiger partial charge in [-0.2, -0.15) is 0 Å². The van der Waals surface area contributed by atoms with Crippen LogP contribution in [0.1, 0.15) is 13.3 Å². The summed E-state index contributed by atoms with van der Waals surface area (Å²) in [6, 6.07) is 0. The molecule has 0 saturated carbocycles. The lowest BCUT2D eigenvalue weighted by Crippen LogP contribution is -2.34. The molecule has 0 atom stereocenters. The lowest BCUT2D eigenvalue weighted by molar-refractivity contribution is 0.196. The molecule has 0 aliphatic rings. The van der Waals surface area contributed by atoms with Gasteiger partial charge in [0.15, 0.2) is 0 Å². The molecule has 1 N–H and O–H groups in total. The van der Waals surface area contributed by atoms with Crippen LogP contribution >= 0.6 is 0 Å². The number of methoxy groups -OCH3 is 1. The Hall–Kier alpha value is -0.160. The SMILES string of the molecule is CCN(CCCN(C)C)CCNCCOC. The van der Waals surface area contributed by atoms with Gasteiger partial charge in [-0.25, -0.2) is 0 Å². The van der Waals surface area contributed by atoms with E-state index in [1.54, 1.807) is 7.11 Å². The molecule has 0 heterocycles. The second kappa shape index (κ2) is 11.3. The normalized spacial score (nSPS) is 11.6. The molecule has 98 valence electrons. The quantitative estimate of drug-likeness (QED) is 0.524. The number of ether oxygens (including phenoxy) is 1. The van der Waals surface area contributed by atoms with E-state index < -0.39 is 0 Å². The fraction of sp³-hybridized carbons (Fsp3) is 1.00. The first-order valence-electron chi connectivity index (χ1n) is 6.27. The first-order chi connectivity index (χ1) is 7.70. The minimum Gasteiger partial charge on any atom is -0.383 e. The van der Waals surface area contributed by atoms with Crippen LogP contribution in [0.3, 0.4) is 0 Å². The van der Waals surface area contributed by atoms with E-state index in [0.717, 1.165) is 32.8 Å². The summed E-state index contributed by atoms with van der Waals surface area (Å²) in [5.41, 5.74) is 0. The van der Waals surface area contributed by atoms with E-state index in [0.29, 0.717) is 0 Å². The molecule has 4 nitrogen and oxygen atoms in total. The maximum atomic E-state index is 4.98. The van der Waals surface area contributed by atoms with Crippen molar-refractivity contribution in [1.82, 2.24) is 15.1 Å². The number of rotatable bonds is 11. The smallest absolute Gasteiger partial charge is 0.0587 e.